The number of methoxy groups -OCH3 is 2. The van der Waals surface area contributed by atoms with Crippen molar-refractivity contribution in [3.8, 4) is 11.5 Å². The third-order valence-corrected chi connectivity index (χ3v) is 6.31. The molecule has 0 bridgehead atoms. The van der Waals surface area contributed by atoms with Gasteiger partial charge in [-0.1, -0.05) is 23.7 Å². The molecule has 1 fully saturated rings. The van der Waals surface area contributed by atoms with Crippen LogP contribution in [0.25, 0.3) is 0 Å². The van der Waals surface area contributed by atoms with E-state index >= 15 is 0 Å². The predicted molar refractivity (Wildman–Crippen MR) is 130 cm³/mol. The molecule has 8 heteroatoms. The van der Waals surface area contributed by atoms with Gasteiger partial charge in [0.15, 0.2) is 0 Å². The molecule has 178 valence electrons. The van der Waals surface area contributed by atoms with Crippen LogP contribution in [0.3, 0.4) is 0 Å². The van der Waals surface area contributed by atoms with Gasteiger partial charge in [0.1, 0.15) is 11.5 Å². The van der Waals surface area contributed by atoms with Crippen LogP contribution in [0.15, 0.2) is 42.5 Å². The highest BCUT2D eigenvalue weighted by molar-refractivity contribution is 6.32. The number of carbonyl (C=O) groups is 2. The number of nitrogens with zero attached hydrogens (tertiary/aromatic N) is 2. The first-order chi connectivity index (χ1) is 15.9. The van der Waals surface area contributed by atoms with Gasteiger partial charge in [0.2, 0.25) is 11.8 Å². The van der Waals surface area contributed by atoms with Crippen LogP contribution in [-0.2, 0) is 16.0 Å². The number of amides is 2. The maximum Gasteiger partial charge on any atom is 0.241 e. The monoisotopic (exact) mass is 473 g/mol. The Morgan fingerprint density at radius 3 is 2.45 bits per heavy atom. The Bertz CT molecular complexity index is 951. The number of hydrogen-bond donors (Lipinski definition) is 1. The molecule has 2 aromatic carbocycles. The Balaban J connectivity index is 1.49. The quantitative estimate of drug-likeness (QED) is 0.630. The summed E-state index contributed by atoms with van der Waals surface area (Å²) in [4.78, 5) is 29.6. The molecule has 2 aromatic rings. The highest BCUT2D eigenvalue weighted by atomic mass is 35.5. The third kappa shape index (κ3) is 6.85. The molecular weight excluding hydrogens is 442 g/mol. The van der Waals surface area contributed by atoms with E-state index in [-0.39, 0.29) is 17.9 Å². The van der Waals surface area contributed by atoms with Crippen LogP contribution >= 0.6 is 11.6 Å². The fourth-order valence-corrected chi connectivity index (χ4v) is 4.19. The molecule has 1 atom stereocenters. The zero-order valence-electron chi connectivity index (χ0n) is 19.5. The molecule has 1 unspecified atom stereocenters. The van der Waals surface area contributed by atoms with Crippen LogP contribution in [0.4, 0.5) is 5.69 Å². The molecule has 2 amide bonds. The maximum atomic E-state index is 12.8. The van der Waals surface area contributed by atoms with Crippen LogP contribution in [0.2, 0.25) is 5.02 Å². The standard InChI is InChI=1S/C25H32ClN3O4/c1-18(25(31)27-20-8-11-23(33-3)22(26)17-20)28-13-4-14-29(16-15-28)24(30)12-7-19-5-9-21(32-2)10-6-19/h5-6,8-11,17-18H,4,7,12-16H2,1-3H3,(H,27,31). The van der Waals surface area contributed by atoms with Gasteiger partial charge in [-0.05, 0) is 55.7 Å². The normalized spacial score (nSPS) is 15.5. The molecule has 33 heavy (non-hydrogen) atoms. The Morgan fingerprint density at radius 2 is 1.79 bits per heavy atom. The molecule has 0 radical (unpaired) electrons. The summed E-state index contributed by atoms with van der Waals surface area (Å²) in [5, 5.41) is 3.37. The second-order valence-electron chi connectivity index (χ2n) is 8.13. The zero-order valence-corrected chi connectivity index (χ0v) is 20.2. The highest BCUT2D eigenvalue weighted by Crippen LogP contribution is 2.27. The number of carbonyl (C=O) groups excluding carboxylic acids is 2. The number of ether oxygens (including phenoxy) is 2. The second-order valence-corrected chi connectivity index (χ2v) is 8.54. The van der Waals surface area contributed by atoms with Crippen LogP contribution in [0, 0.1) is 0 Å². The Morgan fingerprint density at radius 1 is 1.03 bits per heavy atom. The number of nitrogens with one attached hydrogen (secondary N) is 1. The lowest BCUT2D eigenvalue weighted by atomic mass is 10.1. The summed E-state index contributed by atoms with van der Waals surface area (Å²) < 4.78 is 10.3. The van der Waals surface area contributed by atoms with Gasteiger partial charge >= 0.3 is 0 Å². The average Bonchev–Trinajstić information content (AvgIpc) is 3.09. The van der Waals surface area contributed by atoms with Crippen LogP contribution in [0.5, 0.6) is 11.5 Å². The molecule has 0 saturated carbocycles. The molecule has 1 heterocycles. The van der Waals surface area contributed by atoms with E-state index in [9.17, 15) is 9.59 Å². The van der Waals surface area contributed by atoms with Gasteiger partial charge in [-0.25, -0.2) is 0 Å². The second kappa shape index (κ2) is 11.9. The molecule has 0 spiro atoms. The van der Waals surface area contributed by atoms with Crippen LogP contribution in [0.1, 0.15) is 25.3 Å². The SMILES string of the molecule is COc1ccc(CCC(=O)N2CCCN(C(C)C(=O)Nc3ccc(OC)c(Cl)c3)CC2)cc1. The average molecular weight is 474 g/mol. The number of hydrogen-bond acceptors (Lipinski definition) is 5. The molecule has 3 rings (SSSR count). The van der Waals surface area contributed by atoms with Crippen molar-refractivity contribution in [2.24, 2.45) is 0 Å². The zero-order chi connectivity index (χ0) is 23.8. The summed E-state index contributed by atoms with van der Waals surface area (Å²) >= 11 is 6.16. The van der Waals surface area contributed by atoms with Gasteiger partial charge in [0.25, 0.3) is 0 Å². The lowest BCUT2D eigenvalue weighted by molar-refractivity contribution is -0.131. The van der Waals surface area contributed by atoms with Gasteiger partial charge in [0, 0.05) is 38.3 Å². The fraction of sp³-hybridized carbons (Fsp3) is 0.440. The summed E-state index contributed by atoms with van der Waals surface area (Å²) in [6.45, 7) is 4.64. The summed E-state index contributed by atoms with van der Waals surface area (Å²) in [5.41, 5.74) is 1.74. The molecule has 1 N–H and O–H groups in total. The van der Waals surface area contributed by atoms with Crippen molar-refractivity contribution in [1.82, 2.24) is 9.80 Å². The minimum absolute atomic E-state index is 0.101. The smallest absolute Gasteiger partial charge is 0.241 e. The molecule has 1 aliphatic rings. The predicted octanol–water partition coefficient (Wildman–Crippen LogP) is 3.85. The number of anilines is 1. The lowest BCUT2D eigenvalue weighted by Gasteiger charge is -2.27. The van der Waals surface area contributed by atoms with Crippen molar-refractivity contribution in [3.63, 3.8) is 0 Å². The van der Waals surface area contributed by atoms with E-state index in [1.54, 1.807) is 32.4 Å². The van der Waals surface area contributed by atoms with E-state index in [1.807, 2.05) is 36.1 Å². The molecular formula is C25H32ClN3O4. The van der Waals surface area contributed by atoms with E-state index in [0.29, 0.717) is 48.9 Å². The maximum absolute atomic E-state index is 12.8. The van der Waals surface area contributed by atoms with Gasteiger partial charge < -0.3 is 19.7 Å². The van der Waals surface area contributed by atoms with Crippen molar-refractivity contribution in [2.75, 3.05) is 45.7 Å². The van der Waals surface area contributed by atoms with E-state index < -0.39 is 0 Å². The van der Waals surface area contributed by atoms with Crippen LogP contribution < -0.4 is 14.8 Å². The van der Waals surface area contributed by atoms with E-state index in [0.717, 1.165) is 24.3 Å². The van der Waals surface area contributed by atoms with Crippen molar-refractivity contribution in [1.29, 1.82) is 0 Å². The Labute approximate surface area is 200 Å². The van der Waals surface area contributed by atoms with Crippen molar-refractivity contribution < 1.29 is 19.1 Å². The minimum Gasteiger partial charge on any atom is -0.497 e. The number of aryl methyl sites for hydroxylation is 1. The van der Waals surface area contributed by atoms with Gasteiger partial charge in [0.05, 0.1) is 25.3 Å². The van der Waals surface area contributed by atoms with Crippen molar-refractivity contribution in [3.05, 3.63) is 53.1 Å². The van der Waals surface area contributed by atoms with E-state index in [4.69, 9.17) is 21.1 Å². The topological polar surface area (TPSA) is 71.1 Å². The molecule has 7 nitrogen and oxygen atoms in total. The first-order valence-corrected chi connectivity index (χ1v) is 11.6. The van der Waals surface area contributed by atoms with Crippen LogP contribution in [-0.4, -0.2) is 68.1 Å². The third-order valence-electron chi connectivity index (χ3n) is 6.02. The van der Waals surface area contributed by atoms with Gasteiger partial charge in [-0.15, -0.1) is 0 Å². The first kappa shape index (κ1) is 24.9. The molecule has 1 aliphatic heterocycles. The number of rotatable bonds is 8. The number of benzene rings is 2. The van der Waals surface area contributed by atoms with Crippen molar-refractivity contribution >= 4 is 29.1 Å². The first-order valence-electron chi connectivity index (χ1n) is 11.2. The minimum atomic E-state index is -0.319. The highest BCUT2D eigenvalue weighted by Gasteiger charge is 2.25. The molecule has 0 aromatic heterocycles. The molecule has 0 aliphatic carbocycles. The Hall–Kier alpha value is -2.77. The lowest BCUT2D eigenvalue weighted by Crippen LogP contribution is -2.44. The fourth-order valence-electron chi connectivity index (χ4n) is 3.93. The van der Waals surface area contributed by atoms with E-state index in [2.05, 4.69) is 10.2 Å². The van der Waals surface area contributed by atoms with E-state index in [1.165, 1.54) is 0 Å². The summed E-state index contributed by atoms with van der Waals surface area (Å²) in [7, 11) is 3.19. The summed E-state index contributed by atoms with van der Waals surface area (Å²) in [6, 6.07) is 12.7. The van der Waals surface area contributed by atoms with Crippen molar-refractivity contribution in [2.45, 2.75) is 32.2 Å². The molecule has 1 saturated heterocycles. The number of halogens is 1. The van der Waals surface area contributed by atoms with Gasteiger partial charge in [-0.3, -0.25) is 14.5 Å². The summed E-state index contributed by atoms with van der Waals surface area (Å²) in [5.74, 6) is 1.42. The largest absolute Gasteiger partial charge is 0.497 e. The summed E-state index contributed by atoms with van der Waals surface area (Å²) in [6.07, 6.45) is 2.01. The Kier molecular flexibility index (Phi) is 8.97. The van der Waals surface area contributed by atoms with Gasteiger partial charge in [-0.2, -0.15) is 0 Å².